The third-order valence-electron chi connectivity index (χ3n) is 5.09. The summed E-state index contributed by atoms with van der Waals surface area (Å²) in [5.41, 5.74) is 0.467. The number of carboxylic acids is 2. The first-order chi connectivity index (χ1) is 13.0. The molecule has 2 bridgehead atoms. The summed E-state index contributed by atoms with van der Waals surface area (Å²) in [6.07, 6.45) is 0.0104. The number of carboxylic acid groups (broad SMARTS) is 2. The van der Waals surface area contributed by atoms with Gasteiger partial charge in [-0.25, -0.2) is 4.79 Å². The topological polar surface area (TPSA) is 127 Å². The molecule has 4 atom stereocenters. The number of ketones is 1. The van der Waals surface area contributed by atoms with E-state index < -0.39 is 47.2 Å². The lowest BCUT2D eigenvalue weighted by molar-refractivity contribution is -0.160. The summed E-state index contributed by atoms with van der Waals surface area (Å²) in [6, 6.07) is 4.77. The summed E-state index contributed by atoms with van der Waals surface area (Å²) < 4.78 is 10.6. The van der Waals surface area contributed by atoms with Gasteiger partial charge in [-0.05, 0) is 44.0 Å². The monoisotopic (exact) mass is 390 g/mol. The quantitative estimate of drug-likeness (QED) is 0.731. The average Bonchev–Trinajstić information content (AvgIpc) is 2.57. The molecule has 3 aliphatic rings. The molecule has 1 aromatic rings. The Morgan fingerprint density at radius 3 is 2.29 bits per heavy atom. The fourth-order valence-electron chi connectivity index (χ4n) is 4.18. The Hall–Kier alpha value is -2.90. The molecule has 150 valence electrons. The van der Waals surface area contributed by atoms with Crippen LogP contribution in [0.1, 0.15) is 50.2 Å². The molecule has 3 aliphatic carbocycles. The van der Waals surface area contributed by atoms with Gasteiger partial charge in [-0.3, -0.25) is 14.4 Å². The molecule has 8 nitrogen and oxygen atoms in total. The summed E-state index contributed by atoms with van der Waals surface area (Å²) in [5, 5.41) is 19.1. The maximum atomic E-state index is 12.5. The van der Waals surface area contributed by atoms with E-state index in [2.05, 4.69) is 0 Å². The van der Waals surface area contributed by atoms with Crippen LogP contribution in [0.5, 0.6) is 5.75 Å². The first-order valence-corrected chi connectivity index (χ1v) is 8.96. The Labute approximate surface area is 161 Å². The third-order valence-corrected chi connectivity index (χ3v) is 5.09. The molecule has 4 unspecified atom stereocenters. The van der Waals surface area contributed by atoms with Gasteiger partial charge in [0.05, 0.1) is 17.8 Å². The predicted molar refractivity (Wildman–Crippen MR) is 95.1 cm³/mol. The van der Waals surface area contributed by atoms with Gasteiger partial charge in [0.15, 0.2) is 6.61 Å². The first-order valence-electron chi connectivity index (χ1n) is 8.96. The first kappa shape index (κ1) is 19.9. The smallest absolute Gasteiger partial charge is 0.344 e. The highest BCUT2D eigenvalue weighted by atomic mass is 16.6. The standard InChI is InChI=1S/C20H22O8/c1-20(2,3)28-14(22)8-27-9-4-5-10-11(6-9)15-13(21)7-12(10)16(18(23)24)17(15)19(25)26/h4-6,12,15-17H,7-8H2,1-3H3,(H,23,24)(H,25,26). The molecule has 1 fully saturated rings. The van der Waals surface area contributed by atoms with Gasteiger partial charge in [-0.1, -0.05) is 6.07 Å². The van der Waals surface area contributed by atoms with E-state index in [0.717, 1.165) is 0 Å². The number of carbonyl (C=O) groups is 4. The SMILES string of the molecule is CC(C)(C)OC(=O)COc1ccc2c(c1)C1C(=O)CC2C(C(=O)O)C1C(=O)O. The van der Waals surface area contributed by atoms with Gasteiger partial charge in [0.2, 0.25) is 0 Å². The lowest BCUT2D eigenvalue weighted by Crippen LogP contribution is -2.49. The van der Waals surface area contributed by atoms with Crippen LogP contribution in [0.15, 0.2) is 18.2 Å². The molecule has 28 heavy (non-hydrogen) atoms. The van der Waals surface area contributed by atoms with Crippen LogP contribution in [0.3, 0.4) is 0 Å². The average molecular weight is 390 g/mol. The molecule has 1 saturated carbocycles. The minimum Gasteiger partial charge on any atom is -0.482 e. The van der Waals surface area contributed by atoms with E-state index in [4.69, 9.17) is 9.47 Å². The van der Waals surface area contributed by atoms with Crippen molar-refractivity contribution >= 4 is 23.7 Å². The normalized spacial score (nSPS) is 25.8. The molecule has 0 heterocycles. The molecule has 0 aromatic heterocycles. The molecular formula is C20H22O8. The summed E-state index contributed by atoms with van der Waals surface area (Å²) in [6.45, 7) is 4.86. The number of ether oxygens (including phenoxy) is 2. The van der Waals surface area contributed by atoms with E-state index in [1.807, 2.05) is 0 Å². The highest BCUT2D eigenvalue weighted by Crippen LogP contribution is 2.54. The zero-order valence-electron chi connectivity index (χ0n) is 15.8. The van der Waals surface area contributed by atoms with Crippen molar-refractivity contribution < 1.29 is 38.9 Å². The van der Waals surface area contributed by atoms with E-state index >= 15 is 0 Å². The second-order valence-electron chi connectivity index (χ2n) is 8.15. The van der Waals surface area contributed by atoms with Crippen LogP contribution in [-0.4, -0.2) is 46.1 Å². The van der Waals surface area contributed by atoms with Crippen molar-refractivity contribution in [3.63, 3.8) is 0 Å². The van der Waals surface area contributed by atoms with E-state index in [1.54, 1.807) is 32.9 Å². The Kier molecular flexibility index (Phi) is 4.91. The summed E-state index contributed by atoms with van der Waals surface area (Å²) in [7, 11) is 0. The van der Waals surface area contributed by atoms with Crippen LogP contribution in [0.2, 0.25) is 0 Å². The molecule has 0 amide bonds. The Balaban J connectivity index is 1.89. The predicted octanol–water partition coefficient (Wildman–Crippen LogP) is 1.96. The van der Waals surface area contributed by atoms with E-state index in [-0.39, 0.29) is 18.8 Å². The maximum absolute atomic E-state index is 12.5. The lowest BCUT2D eigenvalue weighted by Gasteiger charge is -2.45. The number of hydrogen-bond donors (Lipinski definition) is 2. The van der Waals surface area contributed by atoms with Crippen molar-refractivity contribution in [2.24, 2.45) is 11.8 Å². The number of fused-ring (bicyclic) bond motifs is 2. The van der Waals surface area contributed by atoms with E-state index in [9.17, 15) is 29.4 Å². The number of hydrogen-bond acceptors (Lipinski definition) is 6. The largest absolute Gasteiger partial charge is 0.482 e. The highest BCUT2D eigenvalue weighted by Gasteiger charge is 2.57. The van der Waals surface area contributed by atoms with E-state index in [1.165, 1.54) is 6.07 Å². The molecule has 1 aromatic carbocycles. The zero-order chi connectivity index (χ0) is 20.8. The number of rotatable bonds is 5. The summed E-state index contributed by atoms with van der Waals surface area (Å²) in [4.78, 5) is 47.7. The second-order valence-corrected chi connectivity index (χ2v) is 8.15. The van der Waals surface area contributed by atoms with Crippen molar-refractivity contribution in [3.8, 4) is 5.75 Å². The van der Waals surface area contributed by atoms with Crippen molar-refractivity contribution in [2.75, 3.05) is 6.61 Å². The number of benzene rings is 1. The summed E-state index contributed by atoms with van der Waals surface area (Å²) in [5.74, 6) is -7.27. The van der Waals surface area contributed by atoms with Crippen molar-refractivity contribution in [1.29, 1.82) is 0 Å². The molecule has 0 spiro atoms. The lowest BCUT2D eigenvalue weighted by atomic mass is 9.55. The van der Waals surface area contributed by atoms with Crippen molar-refractivity contribution in [3.05, 3.63) is 29.3 Å². The van der Waals surface area contributed by atoms with Gasteiger partial charge < -0.3 is 19.7 Å². The van der Waals surface area contributed by atoms with Crippen LogP contribution in [0, 0.1) is 11.8 Å². The zero-order valence-corrected chi connectivity index (χ0v) is 15.8. The molecule has 0 radical (unpaired) electrons. The molecular weight excluding hydrogens is 368 g/mol. The van der Waals surface area contributed by atoms with Crippen LogP contribution in [-0.2, 0) is 23.9 Å². The third kappa shape index (κ3) is 3.58. The molecule has 0 aliphatic heterocycles. The fraction of sp³-hybridized carbons (Fsp3) is 0.500. The molecule has 2 N–H and O–H groups in total. The second kappa shape index (κ2) is 6.92. The van der Waals surface area contributed by atoms with Crippen LogP contribution >= 0.6 is 0 Å². The van der Waals surface area contributed by atoms with Gasteiger partial charge >= 0.3 is 17.9 Å². The van der Waals surface area contributed by atoms with Gasteiger partial charge in [-0.2, -0.15) is 0 Å². The Morgan fingerprint density at radius 2 is 1.71 bits per heavy atom. The van der Waals surface area contributed by atoms with Crippen LogP contribution in [0.25, 0.3) is 0 Å². The number of carbonyl (C=O) groups excluding carboxylic acids is 2. The minimum atomic E-state index is -1.32. The van der Waals surface area contributed by atoms with Gasteiger partial charge in [0.25, 0.3) is 0 Å². The van der Waals surface area contributed by atoms with Crippen molar-refractivity contribution in [1.82, 2.24) is 0 Å². The van der Waals surface area contributed by atoms with Gasteiger partial charge in [0.1, 0.15) is 17.1 Å². The Bertz CT molecular complexity index is 850. The van der Waals surface area contributed by atoms with Crippen molar-refractivity contribution in [2.45, 2.75) is 44.6 Å². The van der Waals surface area contributed by atoms with E-state index in [0.29, 0.717) is 16.9 Å². The van der Waals surface area contributed by atoms with Crippen LogP contribution in [0.4, 0.5) is 0 Å². The highest BCUT2D eigenvalue weighted by molar-refractivity contribution is 5.98. The number of esters is 1. The van der Waals surface area contributed by atoms with Crippen LogP contribution < -0.4 is 4.74 Å². The maximum Gasteiger partial charge on any atom is 0.344 e. The van der Waals surface area contributed by atoms with Gasteiger partial charge in [0, 0.05) is 12.3 Å². The van der Waals surface area contributed by atoms with Gasteiger partial charge in [-0.15, -0.1) is 0 Å². The molecule has 0 saturated heterocycles. The number of aliphatic carboxylic acids is 2. The molecule has 8 heteroatoms. The Morgan fingerprint density at radius 1 is 1.07 bits per heavy atom. The number of Topliss-reactive ketones (excluding diaryl/α,β-unsaturated/α-hetero) is 1. The fourth-order valence-corrected chi connectivity index (χ4v) is 4.18. The minimum absolute atomic E-state index is 0.0104. The summed E-state index contributed by atoms with van der Waals surface area (Å²) >= 11 is 0. The molecule has 4 rings (SSSR count).